The Morgan fingerprint density at radius 3 is 3.06 bits per heavy atom. The molecule has 84 valence electrons. The molecule has 0 spiro atoms. The molecule has 0 amide bonds. The third-order valence-electron chi connectivity index (χ3n) is 2.34. The zero-order valence-electron chi connectivity index (χ0n) is 9.18. The van der Waals surface area contributed by atoms with Crippen molar-refractivity contribution >= 4 is 17.2 Å². The van der Waals surface area contributed by atoms with Crippen molar-refractivity contribution in [2.24, 2.45) is 7.05 Å². The summed E-state index contributed by atoms with van der Waals surface area (Å²) in [5, 5.41) is 5.14. The van der Waals surface area contributed by atoms with Gasteiger partial charge in [0.25, 0.3) is 5.56 Å². The molecule has 0 saturated carbocycles. The molecule has 0 aliphatic heterocycles. The molecule has 0 radical (unpaired) electrons. The first kappa shape index (κ1) is 10.9. The Morgan fingerprint density at radius 2 is 2.38 bits per heavy atom. The molecule has 5 heteroatoms. The molecule has 1 N–H and O–H groups in total. The van der Waals surface area contributed by atoms with E-state index in [0.29, 0.717) is 5.82 Å². The fourth-order valence-electron chi connectivity index (χ4n) is 1.41. The van der Waals surface area contributed by atoms with E-state index in [4.69, 9.17) is 0 Å². The number of anilines is 1. The minimum atomic E-state index is -0.106. The maximum atomic E-state index is 11.7. The Hall–Kier alpha value is -1.62. The second-order valence-corrected chi connectivity index (χ2v) is 4.55. The fraction of sp³-hybridized carbons (Fsp3) is 0.273. The Kier molecular flexibility index (Phi) is 3.05. The lowest BCUT2D eigenvalue weighted by Crippen LogP contribution is -2.23. The highest BCUT2D eigenvalue weighted by Gasteiger charge is 2.09. The van der Waals surface area contributed by atoms with Gasteiger partial charge in [0, 0.05) is 24.3 Å². The number of thiophene rings is 1. The predicted molar refractivity (Wildman–Crippen MR) is 65.8 cm³/mol. The van der Waals surface area contributed by atoms with E-state index in [1.807, 2.05) is 24.4 Å². The second-order valence-electron chi connectivity index (χ2n) is 3.57. The number of aryl methyl sites for hydroxylation is 1. The minimum Gasteiger partial charge on any atom is -0.358 e. The van der Waals surface area contributed by atoms with Crippen LogP contribution >= 0.6 is 11.3 Å². The van der Waals surface area contributed by atoms with Crippen LogP contribution in [0.4, 0.5) is 5.82 Å². The summed E-state index contributed by atoms with van der Waals surface area (Å²) >= 11 is 1.66. The Morgan fingerprint density at radius 1 is 1.56 bits per heavy atom. The second kappa shape index (κ2) is 4.49. The van der Waals surface area contributed by atoms with Crippen LogP contribution in [0.2, 0.25) is 0 Å². The normalized spacial score (nSPS) is 12.4. The molecule has 16 heavy (non-hydrogen) atoms. The zero-order chi connectivity index (χ0) is 11.5. The van der Waals surface area contributed by atoms with Gasteiger partial charge in [-0.15, -0.1) is 11.3 Å². The smallest absolute Gasteiger partial charge is 0.293 e. The number of hydrogen-bond donors (Lipinski definition) is 1. The van der Waals surface area contributed by atoms with Gasteiger partial charge in [0.1, 0.15) is 0 Å². The van der Waals surface area contributed by atoms with Crippen LogP contribution in [0.3, 0.4) is 0 Å². The maximum absolute atomic E-state index is 11.7. The van der Waals surface area contributed by atoms with Crippen LogP contribution in [-0.2, 0) is 7.05 Å². The summed E-state index contributed by atoms with van der Waals surface area (Å²) in [4.78, 5) is 17.0. The number of nitrogens with one attached hydrogen (secondary N) is 1. The summed E-state index contributed by atoms with van der Waals surface area (Å²) in [6.45, 7) is 2.01. The van der Waals surface area contributed by atoms with Crippen LogP contribution in [0.1, 0.15) is 17.8 Å². The van der Waals surface area contributed by atoms with Gasteiger partial charge in [-0.3, -0.25) is 4.79 Å². The van der Waals surface area contributed by atoms with Crippen molar-refractivity contribution in [1.29, 1.82) is 0 Å². The van der Waals surface area contributed by atoms with E-state index < -0.39 is 0 Å². The van der Waals surface area contributed by atoms with E-state index in [1.165, 1.54) is 9.44 Å². The molecule has 4 nitrogen and oxygen atoms in total. The van der Waals surface area contributed by atoms with Crippen LogP contribution in [-0.4, -0.2) is 9.55 Å². The van der Waals surface area contributed by atoms with Gasteiger partial charge < -0.3 is 9.88 Å². The summed E-state index contributed by atoms with van der Waals surface area (Å²) in [6, 6.07) is 4.13. The van der Waals surface area contributed by atoms with Crippen LogP contribution in [0.25, 0.3) is 0 Å². The lowest BCUT2D eigenvalue weighted by Gasteiger charge is -2.12. The predicted octanol–water partition coefficient (Wildman–Crippen LogP) is 2.01. The van der Waals surface area contributed by atoms with Crippen LogP contribution in [0, 0.1) is 0 Å². The maximum Gasteiger partial charge on any atom is 0.293 e. The van der Waals surface area contributed by atoms with Crippen LogP contribution < -0.4 is 10.9 Å². The first-order chi connectivity index (χ1) is 7.68. The summed E-state index contributed by atoms with van der Waals surface area (Å²) < 4.78 is 1.51. The molecule has 2 aromatic heterocycles. The molecule has 0 saturated heterocycles. The average Bonchev–Trinajstić information content (AvgIpc) is 2.78. The van der Waals surface area contributed by atoms with E-state index in [2.05, 4.69) is 10.3 Å². The molecule has 1 atom stereocenters. The Bertz CT molecular complexity index is 518. The number of aromatic nitrogens is 2. The van der Waals surface area contributed by atoms with Gasteiger partial charge >= 0.3 is 0 Å². The van der Waals surface area contributed by atoms with E-state index in [0.717, 1.165) is 0 Å². The fourth-order valence-corrected chi connectivity index (χ4v) is 2.15. The highest BCUT2D eigenvalue weighted by molar-refractivity contribution is 7.10. The van der Waals surface area contributed by atoms with E-state index in [-0.39, 0.29) is 11.6 Å². The van der Waals surface area contributed by atoms with Gasteiger partial charge in [-0.25, -0.2) is 4.98 Å². The van der Waals surface area contributed by atoms with Gasteiger partial charge in [0.2, 0.25) is 0 Å². The third kappa shape index (κ3) is 2.14. The van der Waals surface area contributed by atoms with Gasteiger partial charge in [0.15, 0.2) is 5.82 Å². The zero-order valence-corrected chi connectivity index (χ0v) is 9.99. The van der Waals surface area contributed by atoms with E-state index in [1.54, 1.807) is 30.8 Å². The monoisotopic (exact) mass is 235 g/mol. The molecule has 2 aromatic rings. The highest BCUT2D eigenvalue weighted by Crippen LogP contribution is 2.20. The molecule has 1 unspecified atom stereocenters. The van der Waals surface area contributed by atoms with Crippen LogP contribution in [0.15, 0.2) is 34.7 Å². The van der Waals surface area contributed by atoms with Crippen molar-refractivity contribution in [3.63, 3.8) is 0 Å². The first-order valence-corrected chi connectivity index (χ1v) is 5.88. The van der Waals surface area contributed by atoms with Crippen LogP contribution in [0.5, 0.6) is 0 Å². The quantitative estimate of drug-likeness (QED) is 0.885. The largest absolute Gasteiger partial charge is 0.358 e. The Labute approximate surface area is 97.6 Å². The third-order valence-corrected chi connectivity index (χ3v) is 3.40. The molecular weight excluding hydrogens is 222 g/mol. The molecule has 2 rings (SSSR count). The molecular formula is C11H13N3OS. The van der Waals surface area contributed by atoms with Crippen molar-refractivity contribution in [2.75, 3.05) is 5.32 Å². The average molecular weight is 235 g/mol. The summed E-state index contributed by atoms with van der Waals surface area (Å²) in [7, 11) is 1.71. The highest BCUT2D eigenvalue weighted by atomic mass is 32.1. The SMILES string of the molecule is CC(Nc1nccn(C)c1=O)c1cccs1. The van der Waals surface area contributed by atoms with Crippen molar-refractivity contribution in [3.8, 4) is 0 Å². The van der Waals surface area contributed by atoms with Gasteiger partial charge in [-0.05, 0) is 18.4 Å². The van der Waals surface area contributed by atoms with Gasteiger partial charge in [-0.2, -0.15) is 0 Å². The van der Waals surface area contributed by atoms with Crippen molar-refractivity contribution in [2.45, 2.75) is 13.0 Å². The van der Waals surface area contributed by atoms with Crippen molar-refractivity contribution in [3.05, 3.63) is 45.1 Å². The summed E-state index contributed by atoms with van der Waals surface area (Å²) in [5.74, 6) is 0.394. The number of nitrogens with zero attached hydrogens (tertiary/aromatic N) is 2. The molecule has 0 bridgehead atoms. The van der Waals surface area contributed by atoms with Crippen molar-refractivity contribution < 1.29 is 0 Å². The Balaban J connectivity index is 2.22. The molecule has 0 fully saturated rings. The van der Waals surface area contributed by atoms with Gasteiger partial charge in [0.05, 0.1) is 6.04 Å². The molecule has 0 aromatic carbocycles. The summed E-state index contributed by atoms with van der Waals surface area (Å²) in [6.07, 6.45) is 3.26. The standard InChI is InChI=1S/C11H13N3OS/c1-8(9-4-3-7-16-9)13-10-11(15)14(2)6-5-12-10/h3-8H,1-2H3,(H,12,13). The lowest BCUT2D eigenvalue weighted by atomic mass is 10.3. The minimum absolute atomic E-state index is 0.0996. The number of rotatable bonds is 3. The first-order valence-electron chi connectivity index (χ1n) is 5.00. The topological polar surface area (TPSA) is 46.9 Å². The van der Waals surface area contributed by atoms with E-state index >= 15 is 0 Å². The van der Waals surface area contributed by atoms with Gasteiger partial charge in [-0.1, -0.05) is 6.07 Å². The molecule has 0 aliphatic carbocycles. The van der Waals surface area contributed by atoms with Crippen molar-refractivity contribution in [1.82, 2.24) is 9.55 Å². The summed E-state index contributed by atoms with van der Waals surface area (Å²) in [5.41, 5.74) is -0.106. The number of hydrogen-bond acceptors (Lipinski definition) is 4. The molecule has 2 heterocycles. The molecule has 0 aliphatic rings. The van der Waals surface area contributed by atoms with E-state index in [9.17, 15) is 4.79 Å². The lowest BCUT2D eigenvalue weighted by molar-refractivity contribution is 0.819.